The second kappa shape index (κ2) is 5.95. The van der Waals surface area contributed by atoms with Gasteiger partial charge in [0.15, 0.2) is 5.78 Å². The predicted molar refractivity (Wildman–Crippen MR) is 85.0 cm³/mol. The molecule has 110 valence electrons. The molecule has 0 radical (unpaired) electrons. The van der Waals surface area contributed by atoms with Gasteiger partial charge in [0, 0.05) is 25.0 Å². The Kier molecular flexibility index (Phi) is 4.23. The van der Waals surface area contributed by atoms with E-state index in [9.17, 15) is 4.79 Å². The fourth-order valence-corrected chi connectivity index (χ4v) is 4.50. The van der Waals surface area contributed by atoms with Crippen molar-refractivity contribution in [2.24, 2.45) is 11.8 Å². The van der Waals surface area contributed by atoms with Gasteiger partial charge in [-0.25, -0.2) is 0 Å². The maximum absolute atomic E-state index is 12.2. The number of carbonyl (C=O) groups is 1. The molecule has 2 heterocycles. The van der Waals surface area contributed by atoms with E-state index in [1.165, 1.54) is 11.3 Å². The molecule has 1 aliphatic heterocycles. The summed E-state index contributed by atoms with van der Waals surface area (Å²) >= 11 is 3.14. The largest absolute Gasteiger partial charge is 0.396 e. The summed E-state index contributed by atoms with van der Waals surface area (Å²) in [5, 5.41) is 4.51. The van der Waals surface area contributed by atoms with Crippen molar-refractivity contribution in [3.8, 4) is 0 Å². The molecule has 3 rings (SSSR count). The molecule has 1 aromatic rings. The van der Waals surface area contributed by atoms with Gasteiger partial charge in [-0.1, -0.05) is 0 Å². The number of nitrogen functional groups attached to an aromatic ring is 1. The summed E-state index contributed by atoms with van der Waals surface area (Å²) in [5.41, 5.74) is 6.84. The second-order valence-corrected chi connectivity index (χ2v) is 7.29. The van der Waals surface area contributed by atoms with Gasteiger partial charge in [0.25, 0.3) is 0 Å². The summed E-state index contributed by atoms with van der Waals surface area (Å²) in [6.07, 6.45) is 5.16. The molecule has 2 fully saturated rings. The van der Waals surface area contributed by atoms with Gasteiger partial charge in [-0.15, -0.1) is 23.1 Å². The number of thioether (sulfide) groups is 1. The van der Waals surface area contributed by atoms with E-state index >= 15 is 0 Å². The monoisotopic (exact) mass is 312 g/mol. The topological polar surface area (TPSA) is 64.3 Å². The molecule has 0 aromatic carbocycles. The van der Waals surface area contributed by atoms with Gasteiger partial charge in [0.05, 0.1) is 22.1 Å². The SMILES string of the molecule is CSc1c(NCC2CCOC2)sc(C(=O)C2CC2)c1N. The van der Waals surface area contributed by atoms with E-state index in [2.05, 4.69) is 5.32 Å². The fourth-order valence-electron chi connectivity index (χ4n) is 2.44. The van der Waals surface area contributed by atoms with Crippen LogP contribution in [0.15, 0.2) is 4.90 Å². The van der Waals surface area contributed by atoms with Crippen LogP contribution in [0.3, 0.4) is 0 Å². The molecule has 1 aliphatic carbocycles. The van der Waals surface area contributed by atoms with Crippen LogP contribution < -0.4 is 11.1 Å². The molecule has 0 amide bonds. The Hall–Kier alpha value is -0.720. The van der Waals surface area contributed by atoms with Gasteiger partial charge >= 0.3 is 0 Å². The van der Waals surface area contributed by atoms with Gasteiger partial charge in [0.1, 0.15) is 5.00 Å². The molecule has 1 unspecified atom stereocenters. The van der Waals surface area contributed by atoms with Crippen LogP contribution in [0.4, 0.5) is 10.7 Å². The normalized spacial score (nSPS) is 22.1. The first-order valence-corrected chi connectivity index (χ1v) is 9.07. The summed E-state index contributed by atoms with van der Waals surface area (Å²) in [6.45, 7) is 2.58. The van der Waals surface area contributed by atoms with Crippen molar-refractivity contribution >= 4 is 39.6 Å². The van der Waals surface area contributed by atoms with Crippen LogP contribution in [-0.4, -0.2) is 31.8 Å². The van der Waals surface area contributed by atoms with Crippen molar-refractivity contribution in [3.63, 3.8) is 0 Å². The molecular formula is C14H20N2O2S2. The number of thiophene rings is 1. The average Bonchev–Trinajstić information content (AvgIpc) is 3.07. The third-order valence-electron chi connectivity index (χ3n) is 3.85. The lowest BCUT2D eigenvalue weighted by Crippen LogP contribution is -2.13. The fraction of sp³-hybridized carbons (Fsp3) is 0.643. The highest BCUT2D eigenvalue weighted by Crippen LogP contribution is 2.45. The Balaban J connectivity index is 1.74. The Morgan fingerprint density at radius 3 is 2.90 bits per heavy atom. The summed E-state index contributed by atoms with van der Waals surface area (Å²) < 4.78 is 5.39. The molecule has 6 heteroatoms. The number of nitrogens with two attached hydrogens (primary N) is 1. The van der Waals surface area contributed by atoms with Crippen LogP contribution in [0, 0.1) is 11.8 Å². The molecule has 1 saturated carbocycles. The number of anilines is 2. The van der Waals surface area contributed by atoms with Crippen molar-refractivity contribution < 1.29 is 9.53 Å². The number of Topliss-reactive ketones (excluding diaryl/α,β-unsaturated/α-hetero) is 1. The first kappa shape index (κ1) is 14.2. The Morgan fingerprint density at radius 2 is 2.30 bits per heavy atom. The first-order valence-electron chi connectivity index (χ1n) is 7.02. The van der Waals surface area contributed by atoms with Crippen LogP contribution in [0.5, 0.6) is 0 Å². The van der Waals surface area contributed by atoms with Crippen LogP contribution >= 0.6 is 23.1 Å². The zero-order valence-electron chi connectivity index (χ0n) is 11.6. The van der Waals surface area contributed by atoms with Crippen molar-refractivity contribution in [1.82, 2.24) is 0 Å². The van der Waals surface area contributed by atoms with Gasteiger partial charge in [-0.05, 0) is 25.5 Å². The number of hydrogen-bond donors (Lipinski definition) is 2. The highest BCUT2D eigenvalue weighted by molar-refractivity contribution is 7.99. The zero-order valence-corrected chi connectivity index (χ0v) is 13.2. The van der Waals surface area contributed by atoms with Gasteiger partial charge in [0.2, 0.25) is 0 Å². The lowest BCUT2D eigenvalue weighted by Gasteiger charge is -2.10. The minimum atomic E-state index is 0.224. The smallest absolute Gasteiger partial charge is 0.178 e. The number of ketones is 1. The van der Waals surface area contributed by atoms with E-state index in [1.54, 1.807) is 11.8 Å². The second-order valence-electron chi connectivity index (χ2n) is 5.46. The summed E-state index contributed by atoms with van der Waals surface area (Å²) in [6, 6.07) is 0. The number of ether oxygens (including phenoxy) is 1. The number of rotatable bonds is 6. The van der Waals surface area contributed by atoms with Gasteiger partial charge in [-0.2, -0.15) is 0 Å². The molecule has 1 atom stereocenters. The van der Waals surface area contributed by atoms with E-state index in [-0.39, 0.29) is 11.7 Å². The maximum atomic E-state index is 12.2. The molecule has 1 aromatic heterocycles. The molecule has 3 N–H and O–H groups in total. The Labute approximate surface area is 127 Å². The lowest BCUT2D eigenvalue weighted by molar-refractivity contribution is 0.0972. The van der Waals surface area contributed by atoms with Gasteiger partial charge in [-0.3, -0.25) is 4.79 Å². The van der Waals surface area contributed by atoms with E-state index in [0.29, 0.717) is 11.6 Å². The quantitative estimate of drug-likeness (QED) is 0.624. The van der Waals surface area contributed by atoms with Crippen molar-refractivity contribution in [2.45, 2.75) is 24.2 Å². The molecule has 0 spiro atoms. The number of nitrogens with one attached hydrogen (secondary N) is 1. The van der Waals surface area contributed by atoms with Gasteiger partial charge < -0.3 is 15.8 Å². The van der Waals surface area contributed by atoms with Crippen LogP contribution in [0.25, 0.3) is 0 Å². The Morgan fingerprint density at radius 1 is 1.50 bits per heavy atom. The molecular weight excluding hydrogens is 292 g/mol. The van der Waals surface area contributed by atoms with E-state index in [0.717, 1.165) is 53.8 Å². The molecule has 20 heavy (non-hydrogen) atoms. The van der Waals surface area contributed by atoms with E-state index in [1.807, 2.05) is 6.26 Å². The third-order valence-corrected chi connectivity index (χ3v) is 5.99. The Bertz CT molecular complexity index is 506. The van der Waals surface area contributed by atoms with Crippen LogP contribution in [0.2, 0.25) is 0 Å². The molecule has 1 saturated heterocycles. The summed E-state index contributed by atoms with van der Waals surface area (Å²) in [7, 11) is 0. The third kappa shape index (κ3) is 2.82. The predicted octanol–water partition coefficient (Wildman–Crippen LogP) is 3.09. The number of hydrogen-bond acceptors (Lipinski definition) is 6. The van der Waals surface area contributed by atoms with Crippen LogP contribution in [0.1, 0.15) is 28.9 Å². The zero-order chi connectivity index (χ0) is 14.1. The molecule has 2 aliphatic rings. The highest BCUT2D eigenvalue weighted by Gasteiger charge is 2.34. The average molecular weight is 312 g/mol. The lowest BCUT2D eigenvalue weighted by atomic mass is 10.1. The van der Waals surface area contributed by atoms with Crippen molar-refractivity contribution in [3.05, 3.63) is 4.88 Å². The van der Waals surface area contributed by atoms with E-state index < -0.39 is 0 Å². The van der Waals surface area contributed by atoms with Crippen molar-refractivity contribution in [1.29, 1.82) is 0 Å². The summed E-state index contributed by atoms with van der Waals surface area (Å²) in [5.74, 6) is 1.03. The minimum Gasteiger partial charge on any atom is -0.396 e. The van der Waals surface area contributed by atoms with Crippen LogP contribution in [-0.2, 0) is 4.74 Å². The standard InChI is InChI=1S/C14H20N2O2S2/c1-19-13-10(15)12(11(17)9-2-3-9)20-14(13)16-6-8-4-5-18-7-8/h8-9,16H,2-7,15H2,1H3. The molecule has 4 nitrogen and oxygen atoms in total. The number of carbonyl (C=O) groups excluding carboxylic acids is 1. The summed E-state index contributed by atoms with van der Waals surface area (Å²) in [4.78, 5) is 14.0. The highest BCUT2D eigenvalue weighted by atomic mass is 32.2. The van der Waals surface area contributed by atoms with Crippen molar-refractivity contribution in [2.75, 3.05) is 37.1 Å². The minimum absolute atomic E-state index is 0.224. The first-order chi connectivity index (χ1) is 9.70. The molecule has 0 bridgehead atoms. The van der Waals surface area contributed by atoms with E-state index in [4.69, 9.17) is 10.5 Å². The maximum Gasteiger partial charge on any atom is 0.178 e.